The average Bonchev–Trinajstić information content (AvgIpc) is 2.15. The van der Waals surface area contributed by atoms with Gasteiger partial charge in [0, 0.05) is 0 Å². The molecule has 0 amide bonds. The van der Waals surface area contributed by atoms with Gasteiger partial charge in [0.1, 0.15) is 12.4 Å². The highest BCUT2D eigenvalue weighted by atomic mass is 79.9. The summed E-state index contributed by atoms with van der Waals surface area (Å²) in [5.41, 5.74) is 0. The Balaban J connectivity index is 2.43. The van der Waals surface area contributed by atoms with Gasteiger partial charge >= 0.3 is 5.97 Å². The lowest BCUT2D eigenvalue weighted by atomic mass is 10.3. The molecule has 0 radical (unpaired) electrons. The lowest BCUT2D eigenvalue weighted by Crippen LogP contribution is -2.21. The van der Waals surface area contributed by atoms with Gasteiger partial charge in [-0.15, -0.1) is 0 Å². The Kier molecular flexibility index (Phi) is 4.58. The van der Waals surface area contributed by atoms with Crippen LogP contribution in [0.4, 0.5) is 0 Å². The highest BCUT2D eigenvalue weighted by Crippen LogP contribution is 2.23. The van der Waals surface area contributed by atoms with Gasteiger partial charge in [-0.05, 0) is 28.1 Å². The topological polar surface area (TPSA) is 66.8 Å². The number of carboxylic acid groups (broad SMARTS) is 1. The maximum atomic E-state index is 10.3. The van der Waals surface area contributed by atoms with Crippen molar-refractivity contribution in [1.29, 1.82) is 0 Å². The molecule has 1 unspecified atom stereocenters. The zero-order valence-corrected chi connectivity index (χ0v) is 9.48. The molecule has 0 fully saturated rings. The molecule has 0 saturated carbocycles. The van der Waals surface area contributed by atoms with Crippen LogP contribution in [0.15, 0.2) is 28.7 Å². The van der Waals surface area contributed by atoms with Crippen LogP contribution in [0.1, 0.15) is 6.42 Å². The maximum Gasteiger partial charge on any atom is 0.306 e. The summed E-state index contributed by atoms with van der Waals surface area (Å²) in [5.74, 6) is -0.458. The van der Waals surface area contributed by atoms with E-state index in [1.54, 1.807) is 18.2 Å². The number of aliphatic hydroxyl groups excluding tert-OH is 1. The van der Waals surface area contributed by atoms with Crippen molar-refractivity contribution >= 4 is 21.9 Å². The summed E-state index contributed by atoms with van der Waals surface area (Å²) in [5, 5.41) is 17.7. The number of rotatable bonds is 5. The second kappa shape index (κ2) is 5.72. The number of hydrogen-bond donors (Lipinski definition) is 2. The first kappa shape index (κ1) is 12.0. The van der Waals surface area contributed by atoms with E-state index in [1.807, 2.05) is 6.07 Å². The fourth-order valence-corrected chi connectivity index (χ4v) is 1.41. The lowest BCUT2D eigenvalue weighted by molar-refractivity contribution is -0.139. The SMILES string of the molecule is O=C(O)CC(O)COc1ccccc1Br. The Morgan fingerprint density at radius 1 is 1.47 bits per heavy atom. The minimum Gasteiger partial charge on any atom is -0.490 e. The summed E-state index contributed by atoms with van der Waals surface area (Å²) in [4.78, 5) is 10.3. The quantitative estimate of drug-likeness (QED) is 0.857. The van der Waals surface area contributed by atoms with Gasteiger partial charge in [0.15, 0.2) is 0 Å². The van der Waals surface area contributed by atoms with Crippen LogP contribution >= 0.6 is 15.9 Å². The first-order valence-electron chi connectivity index (χ1n) is 4.37. The third-order valence-corrected chi connectivity index (χ3v) is 2.33. The van der Waals surface area contributed by atoms with E-state index in [0.29, 0.717) is 5.75 Å². The molecule has 15 heavy (non-hydrogen) atoms. The van der Waals surface area contributed by atoms with Gasteiger partial charge in [0.05, 0.1) is 17.0 Å². The lowest BCUT2D eigenvalue weighted by Gasteiger charge is -2.11. The Bertz CT molecular complexity index is 340. The predicted molar refractivity (Wildman–Crippen MR) is 57.9 cm³/mol. The molecule has 0 aromatic heterocycles. The standard InChI is InChI=1S/C10H11BrO4/c11-8-3-1-2-4-9(8)15-6-7(12)5-10(13)14/h1-4,7,12H,5-6H2,(H,13,14). The van der Waals surface area contributed by atoms with Crippen molar-refractivity contribution in [3.05, 3.63) is 28.7 Å². The number of aliphatic carboxylic acids is 1. The van der Waals surface area contributed by atoms with Crippen molar-refractivity contribution in [2.75, 3.05) is 6.61 Å². The zero-order valence-electron chi connectivity index (χ0n) is 7.89. The largest absolute Gasteiger partial charge is 0.490 e. The number of ether oxygens (including phenoxy) is 1. The van der Waals surface area contributed by atoms with E-state index in [1.165, 1.54) is 0 Å². The van der Waals surface area contributed by atoms with Gasteiger partial charge < -0.3 is 14.9 Å². The third-order valence-electron chi connectivity index (χ3n) is 1.68. The van der Waals surface area contributed by atoms with Crippen LogP contribution in [-0.2, 0) is 4.79 Å². The number of benzene rings is 1. The van der Waals surface area contributed by atoms with Crippen LogP contribution in [0.2, 0.25) is 0 Å². The van der Waals surface area contributed by atoms with Crippen molar-refractivity contribution in [2.24, 2.45) is 0 Å². The molecule has 82 valence electrons. The van der Waals surface area contributed by atoms with Crippen LogP contribution in [0.3, 0.4) is 0 Å². The fraction of sp³-hybridized carbons (Fsp3) is 0.300. The Morgan fingerprint density at radius 3 is 2.73 bits per heavy atom. The number of carbonyl (C=O) groups is 1. The van der Waals surface area contributed by atoms with Crippen molar-refractivity contribution in [2.45, 2.75) is 12.5 Å². The summed E-state index contributed by atoms with van der Waals surface area (Å²) < 4.78 is 6.01. The summed E-state index contributed by atoms with van der Waals surface area (Å²) >= 11 is 3.27. The molecular weight excluding hydrogens is 264 g/mol. The molecule has 1 rings (SSSR count). The molecule has 0 bridgehead atoms. The summed E-state index contributed by atoms with van der Waals surface area (Å²) in [6.45, 7) is -0.0328. The van der Waals surface area contributed by atoms with E-state index < -0.39 is 12.1 Å². The van der Waals surface area contributed by atoms with Crippen molar-refractivity contribution in [1.82, 2.24) is 0 Å². The average molecular weight is 275 g/mol. The molecule has 0 aliphatic heterocycles. The van der Waals surface area contributed by atoms with E-state index in [2.05, 4.69) is 15.9 Å². The highest BCUT2D eigenvalue weighted by Gasteiger charge is 2.10. The third kappa shape index (κ3) is 4.31. The van der Waals surface area contributed by atoms with Crippen LogP contribution in [-0.4, -0.2) is 28.9 Å². The molecule has 1 aromatic rings. The molecule has 4 nitrogen and oxygen atoms in total. The van der Waals surface area contributed by atoms with Crippen molar-refractivity contribution in [3.63, 3.8) is 0 Å². The second-order valence-electron chi connectivity index (χ2n) is 2.99. The molecule has 0 heterocycles. The molecule has 0 aliphatic rings. The molecule has 0 saturated heterocycles. The number of hydrogen-bond acceptors (Lipinski definition) is 3. The van der Waals surface area contributed by atoms with Crippen LogP contribution in [0.5, 0.6) is 5.75 Å². The number of para-hydroxylation sites is 1. The predicted octanol–water partition coefficient (Wildman–Crippen LogP) is 1.66. The van der Waals surface area contributed by atoms with Gasteiger partial charge in [-0.25, -0.2) is 0 Å². The van der Waals surface area contributed by atoms with Crippen LogP contribution in [0, 0.1) is 0 Å². The summed E-state index contributed by atoms with van der Waals surface area (Å²) in [7, 11) is 0. The molecule has 2 N–H and O–H groups in total. The van der Waals surface area contributed by atoms with Gasteiger partial charge in [0.25, 0.3) is 0 Å². The first-order chi connectivity index (χ1) is 7.09. The molecule has 1 aromatic carbocycles. The number of halogens is 1. The minimum absolute atomic E-state index is 0.0328. The minimum atomic E-state index is -1.04. The summed E-state index contributed by atoms with van der Waals surface area (Å²) in [6.07, 6.45) is -1.31. The Morgan fingerprint density at radius 2 is 2.13 bits per heavy atom. The molecule has 5 heteroatoms. The highest BCUT2D eigenvalue weighted by molar-refractivity contribution is 9.10. The van der Waals surface area contributed by atoms with Gasteiger partial charge in [-0.1, -0.05) is 12.1 Å². The van der Waals surface area contributed by atoms with E-state index in [0.717, 1.165) is 4.47 Å². The second-order valence-corrected chi connectivity index (χ2v) is 3.85. The van der Waals surface area contributed by atoms with E-state index in [4.69, 9.17) is 9.84 Å². The van der Waals surface area contributed by atoms with Crippen LogP contribution in [0.25, 0.3) is 0 Å². The fourth-order valence-electron chi connectivity index (χ4n) is 1.01. The van der Waals surface area contributed by atoms with E-state index in [-0.39, 0.29) is 13.0 Å². The maximum absolute atomic E-state index is 10.3. The Hall–Kier alpha value is -1.07. The molecular formula is C10H11BrO4. The van der Waals surface area contributed by atoms with E-state index in [9.17, 15) is 9.90 Å². The monoisotopic (exact) mass is 274 g/mol. The number of aliphatic hydroxyl groups is 1. The first-order valence-corrected chi connectivity index (χ1v) is 5.16. The Labute approximate surface area is 95.6 Å². The van der Waals surface area contributed by atoms with Gasteiger partial charge in [-0.2, -0.15) is 0 Å². The smallest absolute Gasteiger partial charge is 0.306 e. The summed E-state index contributed by atoms with van der Waals surface area (Å²) in [6, 6.07) is 7.17. The molecule has 0 aliphatic carbocycles. The van der Waals surface area contributed by atoms with Crippen molar-refractivity contribution in [3.8, 4) is 5.75 Å². The van der Waals surface area contributed by atoms with Gasteiger partial charge in [-0.3, -0.25) is 4.79 Å². The molecule has 0 spiro atoms. The zero-order chi connectivity index (χ0) is 11.3. The van der Waals surface area contributed by atoms with Crippen LogP contribution < -0.4 is 4.74 Å². The van der Waals surface area contributed by atoms with E-state index >= 15 is 0 Å². The normalized spacial score (nSPS) is 12.1. The molecule has 1 atom stereocenters. The van der Waals surface area contributed by atoms with Crippen molar-refractivity contribution < 1.29 is 19.7 Å². The number of carboxylic acids is 1. The van der Waals surface area contributed by atoms with Gasteiger partial charge in [0.2, 0.25) is 0 Å².